The molecule has 0 bridgehead atoms. The molecule has 114 valence electrons. The summed E-state index contributed by atoms with van der Waals surface area (Å²) in [5, 5.41) is 5.37. The summed E-state index contributed by atoms with van der Waals surface area (Å²) in [6.45, 7) is 7.20. The minimum Gasteiger partial charge on any atom is -0.352 e. The molecule has 0 atom stereocenters. The Kier molecular flexibility index (Phi) is 6.21. The Morgan fingerprint density at radius 3 is 2.76 bits per heavy atom. The van der Waals surface area contributed by atoms with Crippen LogP contribution in [0.4, 0.5) is 5.82 Å². The molecule has 0 aliphatic carbocycles. The van der Waals surface area contributed by atoms with Gasteiger partial charge < -0.3 is 10.2 Å². The minimum absolute atomic E-state index is 0.892. The summed E-state index contributed by atoms with van der Waals surface area (Å²) < 4.78 is 0. The van der Waals surface area contributed by atoms with Gasteiger partial charge in [-0.2, -0.15) is 0 Å². The average molecular weight is 303 g/mol. The van der Waals surface area contributed by atoms with Crippen LogP contribution >= 0.6 is 11.3 Å². The highest BCUT2D eigenvalue weighted by atomic mass is 32.1. The Labute approximate surface area is 132 Å². The molecule has 3 nitrogen and oxygen atoms in total. The van der Waals surface area contributed by atoms with Gasteiger partial charge in [0.25, 0.3) is 0 Å². The van der Waals surface area contributed by atoms with Gasteiger partial charge in [-0.25, -0.2) is 4.98 Å². The van der Waals surface area contributed by atoms with E-state index in [4.69, 9.17) is 4.98 Å². The lowest BCUT2D eigenvalue weighted by molar-refractivity contribution is 0.781. The predicted molar refractivity (Wildman–Crippen MR) is 92.0 cm³/mol. The molecule has 21 heavy (non-hydrogen) atoms. The van der Waals surface area contributed by atoms with Crippen LogP contribution in [0.25, 0.3) is 0 Å². The van der Waals surface area contributed by atoms with Crippen LogP contribution in [-0.4, -0.2) is 18.6 Å². The van der Waals surface area contributed by atoms with Crippen molar-refractivity contribution in [2.45, 2.75) is 39.8 Å². The molecule has 0 radical (unpaired) electrons. The maximum Gasteiger partial charge on any atom is 0.129 e. The SMILES string of the molecule is CCCc1cc(CNC)cc(N(CC)Cc2cccs2)n1. The third kappa shape index (κ3) is 4.55. The van der Waals surface area contributed by atoms with E-state index in [0.717, 1.165) is 38.3 Å². The molecule has 4 heteroatoms. The van der Waals surface area contributed by atoms with Gasteiger partial charge in [0.1, 0.15) is 5.82 Å². The summed E-state index contributed by atoms with van der Waals surface area (Å²) >= 11 is 1.81. The van der Waals surface area contributed by atoms with Crippen molar-refractivity contribution in [3.8, 4) is 0 Å². The van der Waals surface area contributed by atoms with Crippen molar-refractivity contribution in [3.63, 3.8) is 0 Å². The Hall–Kier alpha value is -1.39. The topological polar surface area (TPSA) is 28.2 Å². The smallest absolute Gasteiger partial charge is 0.129 e. The number of hydrogen-bond acceptors (Lipinski definition) is 4. The van der Waals surface area contributed by atoms with E-state index in [0.29, 0.717) is 0 Å². The molecule has 1 N–H and O–H groups in total. The molecule has 0 saturated heterocycles. The van der Waals surface area contributed by atoms with Crippen molar-refractivity contribution in [2.24, 2.45) is 0 Å². The first-order valence-corrected chi connectivity index (χ1v) is 8.56. The molecule has 0 spiro atoms. The first kappa shape index (κ1) is 16.0. The Morgan fingerprint density at radius 1 is 1.29 bits per heavy atom. The molecule has 0 unspecified atom stereocenters. The lowest BCUT2D eigenvalue weighted by atomic mass is 10.1. The molecule has 0 aromatic carbocycles. The van der Waals surface area contributed by atoms with Gasteiger partial charge in [-0.05, 0) is 49.5 Å². The van der Waals surface area contributed by atoms with Crippen LogP contribution in [0.2, 0.25) is 0 Å². The van der Waals surface area contributed by atoms with Crippen LogP contribution in [0.5, 0.6) is 0 Å². The largest absolute Gasteiger partial charge is 0.352 e. The Morgan fingerprint density at radius 2 is 2.14 bits per heavy atom. The third-order valence-corrected chi connectivity index (χ3v) is 4.31. The maximum atomic E-state index is 4.86. The van der Waals surface area contributed by atoms with Gasteiger partial charge in [0.2, 0.25) is 0 Å². The van der Waals surface area contributed by atoms with Crippen LogP contribution in [0, 0.1) is 0 Å². The summed E-state index contributed by atoms with van der Waals surface area (Å²) in [7, 11) is 1.99. The van der Waals surface area contributed by atoms with Gasteiger partial charge in [-0.1, -0.05) is 19.4 Å². The Balaban J connectivity index is 2.25. The van der Waals surface area contributed by atoms with Crippen molar-refractivity contribution in [1.29, 1.82) is 0 Å². The lowest BCUT2D eigenvalue weighted by Crippen LogP contribution is -2.23. The van der Waals surface area contributed by atoms with Gasteiger partial charge in [0.15, 0.2) is 0 Å². The summed E-state index contributed by atoms with van der Waals surface area (Å²) in [6.07, 6.45) is 2.17. The van der Waals surface area contributed by atoms with Crippen molar-refractivity contribution in [2.75, 3.05) is 18.5 Å². The molecule has 2 rings (SSSR count). The van der Waals surface area contributed by atoms with Gasteiger partial charge in [-0.3, -0.25) is 0 Å². The zero-order chi connectivity index (χ0) is 15.1. The second-order valence-electron chi connectivity index (χ2n) is 5.20. The molecule has 0 aliphatic heterocycles. The van der Waals surface area contributed by atoms with Crippen molar-refractivity contribution < 1.29 is 0 Å². The second kappa shape index (κ2) is 8.15. The van der Waals surface area contributed by atoms with Crippen LogP contribution in [0.1, 0.15) is 36.4 Å². The molecule has 0 fully saturated rings. The van der Waals surface area contributed by atoms with E-state index in [1.807, 2.05) is 18.4 Å². The molecule has 0 amide bonds. The quantitative estimate of drug-likeness (QED) is 0.803. The molecule has 2 aromatic rings. The molecule has 2 aromatic heterocycles. The van der Waals surface area contributed by atoms with Gasteiger partial charge in [0.05, 0.1) is 6.54 Å². The van der Waals surface area contributed by atoms with Gasteiger partial charge >= 0.3 is 0 Å². The second-order valence-corrected chi connectivity index (χ2v) is 6.23. The number of pyridine rings is 1. The van der Waals surface area contributed by atoms with E-state index >= 15 is 0 Å². The van der Waals surface area contributed by atoms with Crippen LogP contribution in [0.3, 0.4) is 0 Å². The minimum atomic E-state index is 0.892. The van der Waals surface area contributed by atoms with Gasteiger partial charge in [0, 0.05) is 23.7 Å². The molecular formula is C17H25N3S. The number of thiophene rings is 1. The molecule has 2 heterocycles. The number of aromatic nitrogens is 1. The zero-order valence-electron chi connectivity index (χ0n) is 13.2. The fourth-order valence-corrected chi connectivity index (χ4v) is 3.15. The highest BCUT2D eigenvalue weighted by Gasteiger charge is 2.10. The van der Waals surface area contributed by atoms with E-state index in [9.17, 15) is 0 Å². The number of hydrogen-bond donors (Lipinski definition) is 1. The fourth-order valence-electron chi connectivity index (χ4n) is 2.43. The van der Waals surface area contributed by atoms with Crippen molar-refractivity contribution >= 4 is 17.2 Å². The fraction of sp³-hybridized carbons (Fsp3) is 0.471. The maximum absolute atomic E-state index is 4.86. The van der Waals surface area contributed by atoms with Crippen LogP contribution in [0.15, 0.2) is 29.6 Å². The standard InChI is InChI=1S/C17H25N3S/c1-4-7-15-10-14(12-18-3)11-17(19-15)20(5-2)13-16-8-6-9-21-16/h6,8-11,18H,4-5,7,12-13H2,1-3H3. The van der Waals surface area contributed by atoms with Crippen molar-refractivity contribution in [1.82, 2.24) is 10.3 Å². The number of anilines is 1. The van der Waals surface area contributed by atoms with E-state index in [1.54, 1.807) is 0 Å². The third-order valence-electron chi connectivity index (χ3n) is 3.44. The summed E-state index contributed by atoms with van der Waals surface area (Å²) in [6, 6.07) is 8.74. The molecular weight excluding hydrogens is 278 g/mol. The van der Waals surface area contributed by atoms with E-state index in [2.05, 4.69) is 53.7 Å². The summed E-state index contributed by atoms with van der Waals surface area (Å²) in [5.74, 6) is 1.10. The monoisotopic (exact) mass is 303 g/mol. The number of nitrogens with one attached hydrogen (secondary N) is 1. The van der Waals surface area contributed by atoms with Crippen molar-refractivity contribution in [3.05, 3.63) is 45.8 Å². The highest BCUT2D eigenvalue weighted by Crippen LogP contribution is 2.20. The van der Waals surface area contributed by atoms with Crippen LogP contribution < -0.4 is 10.2 Å². The number of aryl methyl sites for hydroxylation is 1. The Bertz CT molecular complexity index is 513. The first-order chi connectivity index (χ1) is 10.3. The van der Waals surface area contributed by atoms with E-state index < -0.39 is 0 Å². The normalized spacial score (nSPS) is 10.8. The molecule has 0 saturated carbocycles. The van der Waals surface area contributed by atoms with Gasteiger partial charge in [-0.15, -0.1) is 11.3 Å². The number of nitrogens with zero attached hydrogens (tertiary/aromatic N) is 2. The highest BCUT2D eigenvalue weighted by molar-refractivity contribution is 7.09. The molecule has 0 aliphatic rings. The van der Waals surface area contributed by atoms with Crippen LogP contribution in [-0.2, 0) is 19.5 Å². The zero-order valence-corrected chi connectivity index (χ0v) is 14.0. The average Bonchev–Trinajstić information content (AvgIpc) is 2.98. The van der Waals surface area contributed by atoms with E-state index in [1.165, 1.54) is 16.1 Å². The first-order valence-electron chi connectivity index (χ1n) is 7.68. The predicted octanol–water partition coefficient (Wildman–Crippen LogP) is 3.84. The summed E-state index contributed by atoms with van der Waals surface area (Å²) in [4.78, 5) is 8.60. The summed E-state index contributed by atoms with van der Waals surface area (Å²) in [5.41, 5.74) is 2.51. The van der Waals surface area contributed by atoms with E-state index in [-0.39, 0.29) is 0 Å². The lowest BCUT2D eigenvalue weighted by Gasteiger charge is -2.23. The number of rotatable bonds is 8.